The second kappa shape index (κ2) is 6.66. The minimum Gasteiger partial charge on any atom is -0.342 e. The molecule has 3 aliphatic rings. The molecule has 0 spiro atoms. The summed E-state index contributed by atoms with van der Waals surface area (Å²) in [4.78, 5) is 28.7. The van der Waals surface area contributed by atoms with Crippen molar-refractivity contribution in [3.8, 4) is 6.07 Å². The van der Waals surface area contributed by atoms with E-state index in [2.05, 4.69) is 11.4 Å². The van der Waals surface area contributed by atoms with Gasteiger partial charge in [-0.1, -0.05) is 0 Å². The number of nitrogens with one attached hydrogen (secondary N) is 1. The standard InChI is InChI=1S/C16H24N4O2/c17-10-13-5-4-8-20(13)16(22)14-9-12(11-18-14)15(21)19-6-2-1-3-7-19/h12-14,18H,1-9,11H2/t12-,13-,14-/m0/s1. The lowest BCUT2D eigenvalue weighted by Gasteiger charge is -2.29. The molecule has 2 amide bonds. The van der Waals surface area contributed by atoms with Crippen LogP contribution in [0.2, 0.25) is 0 Å². The largest absolute Gasteiger partial charge is 0.342 e. The van der Waals surface area contributed by atoms with Gasteiger partial charge in [-0.2, -0.15) is 5.26 Å². The predicted molar refractivity (Wildman–Crippen MR) is 80.7 cm³/mol. The van der Waals surface area contributed by atoms with Gasteiger partial charge in [0, 0.05) is 26.2 Å². The van der Waals surface area contributed by atoms with Crippen molar-refractivity contribution in [3.05, 3.63) is 0 Å². The quantitative estimate of drug-likeness (QED) is 0.805. The van der Waals surface area contributed by atoms with E-state index in [0.29, 0.717) is 19.5 Å². The Morgan fingerprint density at radius 2 is 1.82 bits per heavy atom. The predicted octanol–water partition coefficient (Wildman–Crippen LogP) is 0.492. The van der Waals surface area contributed by atoms with Crippen LogP contribution in [-0.4, -0.2) is 59.9 Å². The molecule has 0 radical (unpaired) electrons. The normalized spacial score (nSPS) is 32.0. The van der Waals surface area contributed by atoms with Gasteiger partial charge in [-0.3, -0.25) is 9.59 Å². The molecule has 22 heavy (non-hydrogen) atoms. The lowest BCUT2D eigenvalue weighted by atomic mass is 10.0. The van der Waals surface area contributed by atoms with E-state index in [1.807, 2.05) is 4.90 Å². The fraction of sp³-hybridized carbons (Fsp3) is 0.812. The van der Waals surface area contributed by atoms with Gasteiger partial charge in [0.15, 0.2) is 0 Å². The van der Waals surface area contributed by atoms with Crippen LogP contribution in [0.25, 0.3) is 0 Å². The Hall–Kier alpha value is -1.61. The maximum absolute atomic E-state index is 12.5. The topological polar surface area (TPSA) is 76.4 Å². The van der Waals surface area contributed by atoms with E-state index in [0.717, 1.165) is 38.8 Å². The van der Waals surface area contributed by atoms with Crippen molar-refractivity contribution in [3.63, 3.8) is 0 Å². The molecule has 6 nitrogen and oxygen atoms in total. The smallest absolute Gasteiger partial charge is 0.240 e. The number of carbonyl (C=O) groups excluding carboxylic acids is 2. The van der Waals surface area contributed by atoms with Crippen LogP contribution in [0.5, 0.6) is 0 Å². The monoisotopic (exact) mass is 304 g/mol. The number of hydrogen-bond acceptors (Lipinski definition) is 4. The summed E-state index contributed by atoms with van der Waals surface area (Å²) in [7, 11) is 0. The van der Waals surface area contributed by atoms with Crippen LogP contribution >= 0.6 is 0 Å². The summed E-state index contributed by atoms with van der Waals surface area (Å²) in [6.07, 6.45) is 5.62. The van der Waals surface area contributed by atoms with Crippen LogP contribution in [0.3, 0.4) is 0 Å². The molecular formula is C16H24N4O2. The molecule has 0 aromatic heterocycles. The van der Waals surface area contributed by atoms with E-state index in [4.69, 9.17) is 5.26 Å². The van der Waals surface area contributed by atoms with Crippen LogP contribution in [0.1, 0.15) is 38.5 Å². The zero-order chi connectivity index (χ0) is 15.5. The molecule has 3 rings (SSSR count). The molecule has 0 saturated carbocycles. The molecule has 3 aliphatic heterocycles. The van der Waals surface area contributed by atoms with E-state index in [-0.39, 0.29) is 29.8 Å². The zero-order valence-corrected chi connectivity index (χ0v) is 13.0. The van der Waals surface area contributed by atoms with Crippen molar-refractivity contribution in [1.29, 1.82) is 5.26 Å². The van der Waals surface area contributed by atoms with Gasteiger partial charge in [0.1, 0.15) is 6.04 Å². The first kappa shape index (κ1) is 15.3. The van der Waals surface area contributed by atoms with Gasteiger partial charge in [0.2, 0.25) is 11.8 Å². The average Bonchev–Trinajstić information content (AvgIpc) is 3.23. The zero-order valence-electron chi connectivity index (χ0n) is 13.0. The van der Waals surface area contributed by atoms with E-state index >= 15 is 0 Å². The van der Waals surface area contributed by atoms with E-state index in [1.54, 1.807) is 4.90 Å². The van der Waals surface area contributed by atoms with Crippen molar-refractivity contribution in [1.82, 2.24) is 15.1 Å². The van der Waals surface area contributed by atoms with Crippen LogP contribution in [0.4, 0.5) is 0 Å². The summed E-state index contributed by atoms with van der Waals surface area (Å²) >= 11 is 0. The van der Waals surface area contributed by atoms with Gasteiger partial charge in [-0.05, 0) is 38.5 Å². The molecule has 6 heteroatoms. The number of nitriles is 1. The molecule has 0 aromatic carbocycles. The Bertz CT molecular complexity index is 481. The Kier molecular flexibility index (Phi) is 4.63. The molecule has 120 valence electrons. The minimum absolute atomic E-state index is 0.00186. The van der Waals surface area contributed by atoms with Crippen LogP contribution in [-0.2, 0) is 9.59 Å². The Morgan fingerprint density at radius 1 is 1.05 bits per heavy atom. The van der Waals surface area contributed by atoms with Crippen LogP contribution < -0.4 is 5.32 Å². The highest BCUT2D eigenvalue weighted by molar-refractivity contribution is 5.86. The number of likely N-dealkylation sites (tertiary alicyclic amines) is 2. The third-order valence-corrected chi connectivity index (χ3v) is 5.13. The van der Waals surface area contributed by atoms with Gasteiger partial charge in [-0.25, -0.2) is 0 Å². The molecule has 3 atom stereocenters. The number of piperidine rings is 1. The fourth-order valence-corrected chi connectivity index (χ4v) is 3.85. The highest BCUT2D eigenvalue weighted by Crippen LogP contribution is 2.24. The number of nitrogens with zero attached hydrogens (tertiary/aromatic N) is 3. The molecule has 0 aromatic rings. The molecule has 3 heterocycles. The Morgan fingerprint density at radius 3 is 2.55 bits per heavy atom. The molecular weight excluding hydrogens is 280 g/mol. The first-order valence-corrected chi connectivity index (χ1v) is 8.43. The highest BCUT2D eigenvalue weighted by Gasteiger charge is 2.40. The van der Waals surface area contributed by atoms with Gasteiger partial charge >= 0.3 is 0 Å². The van der Waals surface area contributed by atoms with Crippen molar-refractivity contribution < 1.29 is 9.59 Å². The first-order chi connectivity index (χ1) is 10.7. The van der Waals surface area contributed by atoms with E-state index in [9.17, 15) is 9.59 Å². The molecule has 0 unspecified atom stereocenters. The van der Waals surface area contributed by atoms with Crippen LogP contribution in [0.15, 0.2) is 0 Å². The summed E-state index contributed by atoms with van der Waals surface area (Å²) in [5.74, 6) is 0.105. The van der Waals surface area contributed by atoms with Crippen LogP contribution in [0, 0.1) is 17.2 Å². The molecule has 3 fully saturated rings. The molecule has 1 N–H and O–H groups in total. The van der Waals surface area contributed by atoms with E-state index in [1.165, 1.54) is 6.42 Å². The van der Waals surface area contributed by atoms with E-state index < -0.39 is 0 Å². The van der Waals surface area contributed by atoms with Crippen molar-refractivity contribution in [2.45, 2.75) is 50.6 Å². The molecule has 0 aliphatic carbocycles. The second-order valence-corrected chi connectivity index (χ2v) is 6.60. The fourth-order valence-electron chi connectivity index (χ4n) is 3.85. The average molecular weight is 304 g/mol. The number of amides is 2. The third kappa shape index (κ3) is 2.95. The summed E-state index contributed by atoms with van der Waals surface area (Å²) in [5, 5.41) is 12.3. The summed E-state index contributed by atoms with van der Waals surface area (Å²) in [6.45, 7) is 2.96. The Balaban J connectivity index is 1.56. The second-order valence-electron chi connectivity index (χ2n) is 6.60. The van der Waals surface area contributed by atoms with Crippen molar-refractivity contribution in [2.24, 2.45) is 5.92 Å². The van der Waals surface area contributed by atoms with Gasteiger partial charge in [-0.15, -0.1) is 0 Å². The van der Waals surface area contributed by atoms with Crippen molar-refractivity contribution >= 4 is 11.8 Å². The molecule has 3 saturated heterocycles. The van der Waals surface area contributed by atoms with Gasteiger partial charge < -0.3 is 15.1 Å². The van der Waals surface area contributed by atoms with Crippen molar-refractivity contribution in [2.75, 3.05) is 26.2 Å². The van der Waals surface area contributed by atoms with Gasteiger partial charge in [0.25, 0.3) is 0 Å². The number of hydrogen-bond donors (Lipinski definition) is 1. The lowest BCUT2D eigenvalue weighted by molar-refractivity contribution is -0.136. The highest BCUT2D eigenvalue weighted by atomic mass is 16.2. The summed E-state index contributed by atoms with van der Waals surface area (Å²) < 4.78 is 0. The van der Waals surface area contributed by atoms with Gasteiger partial charge in [0.05, 0.1) is 18.0 Å². The summed E-state index contributed by atoms with van der Waals surface area (Å²) in [5.41, 5.74) is 0. The maximum atomic E-state index is 12.5. The minimum atomic E-state index is -0.298. The molecule has 0 bridgehead atoms. The summed E-state index contributed by atoms with van der Waals surface area (Å²) in [6, 6.07) is 1.62. The SMILES string of the molecule is N#C[C@@H]1CCCN1C(=O)[C@@H]1C[C@H](C(=O)N2CCCCC2)CN1. The third-order valence-electron chi connectivity index (χ3n) is 5.13. The lowest BCUT2D eigenvalue weighted by Crippen LogP contribution is -2.45. The Labute approximate surface area is 131 Å². The first-order valence-electron chi connectivity index (χ1n) is 8.43. The number of rotatable bonds is 2. The number of carbonyl (C=O) groups is 2. The maximum Gasteiger partial charge on any atom is 0.240 e.